The minimum atomic E-state index is -0.837. The summed E-state index contributed by atoms with van der Waals surface area (Å²) in [7, 11) is 4.01. The minimum absolute atomic E-state index is 0.0327. The first kappa shape index (κ1) is 15.1. The molecule has 0 spiro atoms. The number of urea groups is 1. The van der Waals surface area contributed by atoms with E-state index in [2.05, 4.69) is 10.2 Å². The highest BCUT2D eigenvalue weighted by Crippen LogP contribution is 2.35. The van der Waals surface area contributed by atoms with Gasteiger partial charge in [0, 0.05) is 19.1 Å². The number of nitrogens with zero attached hydrogens (tertiary/aromatic N) is 2. The summed E-state index contributed by atoms with van der Waals surface area (Å²) in [6.07, 6.45) is 4.63. The summed E-state index contributed by atoms with van der Waals surface area (Å²) in [5.41, 5.74) is -0.506. The third-order valence-electron chi connectivity index (χ3n) is 4.39. The third kappa shape index (κ3) is 3.42. The van der Waals surface area contributed by atoms with Crippen molar-refractivity contribution in [3.8, 4) is 0 Å². The Hall–Kier alpha value is -1.30. The van der Waals surface area contributed by atoms with Crippen molar-refractivity contribution in [3.63, 3.8) is 0 Å². The fourth-order valence-electron chi connectivity index (χ4n) is 3.25. The van der Waals surface area contributed by atoms with Crippen molar-refractivity contribution in [3.05, 3.63) is 0 Å². The van der Waals surface area contributed by atoms with Crippen LogP contribution in [0, 0.1) is 0 Å². The highest BCUT2D eigenvalue weighted by Gasteiger charge is 2.42. The molecule has 2 fully saturated rings. The van der Waals surface area contributed by atoms with Gasteiger partial charge in [-0.2, -0.15) is 0 Å². The molecule has 0 aromatic heterocycles. The number of likely N-dealkylation sites (tertiary alicyclic amines) is 1. The summed E-state index contributed by atoms with van der Waals surface area (Å²) < 4.78 is 0. The predicted octanol–water partition coefficient (Wildman–Crippen LogP) is 1.12. The van der Waals surface area contributed by atoms with Crippen LogP contribution in [0.1, 0.15) is 38.5 Å². The number of carbonyl (C=O) groups is 2. The third-order valence-corrected chi connectivity index (χ3v) is 4.39. The van der Waals surface area contributed by atoms with Gasteiger partial charge in [0.2, 0.25) is 0 Å². The maximum absolute atomic E-state index is 12.4. The Morgan fingerprint density at radius 3 is 2.55 bits per heavy atom. The van der Waals surface area contributed by atoms with Crippen LogP contribution in [-0.4, -0.2) is 65.7 Å². The first-order valence-electron chi connectivity index (χ1n) is 7.37. The number of carbonyl (C=O) groups excluding carboxylic acids is 1. The second kappa shape index (κ2) is 5.99. The quantitative estimate of drug-likeness (QED) is 0.793. The lowest BCUT2D eigenvalue weighted by atomic mass is 9.74. The number of hydrogen-bond donors (Lipinski definition) is 2. The number of nitrogens with one attached hydrogen (secondary N) is 1. The molecule has 2 rings (SSSR count). The minimum Gasteiger partial charge on any atom is -0.481 e. The molecule has 1 aliphatic heterocycles. The van der Waals surface area contributed by atoms with E-state index in [1.54, 1.807) is 0 Å². The number of amides is 2. The van der Waals surface area contributed by atoms with Crippen molar-refractivity contribution in [2.75, 3.05) is 27.2 Å². The molecular formula is C14H25N3O3. The molecule has 0 aromatic rings. The van der Waals surface area contributed by atoms with Crippen LogP contribution in [0.3, 0.4) is 0 Å². The number of hydrogen-bond acceptors (Lipinski definition) is 3. The van der Waals surface area contributed by atoms with E-state index >= 15 is 0 Å². The molecular weight excluding hydrogens is 258 g/mol. The van der Waals surface area contributed by atoms with Crippen LogP contribution >= 0.6 is 0 Å². The predicted molar refractivity (Wildman–Crippen MR) is 75.6 cm³/mol. The van der Waals surface area contributed by atoms with Gasteiger partial charge in [0.25, 0.3) is 0 Å². The Morgan fingerprint density at radius 2 is 2.05 bits per heavy atom. The smallest absolute Gasteiger partial charge is 0.318 e. The van der Waals surface area contributed by atoms with Gasteiger partial charge >= 0.3 is 12.0 Å². The highest BCUT2D eigenvalue weighted by atomic mass is 16.4. The van der Waals surface area contributed by atoms with Crippen LogP contribution in [0.2, 0.25) is 0 Å². The molecule has 1 aliphatic carbocycles. The normalized spacial score (nSPS) is 24.6. The summed E-state index contributed by atoms with van der Waals surface area (Å²) in [6, 6.07) is 0.155. The average Bonchev–Trinajstić information content (AvgIpc) is 2.72. The zero-order valence-corrected chi connectivity index (χ0v) is 12.4. The second-order valence-corrected chi connectivity index (χ2v) is 6.39. The number of aliphatic carboxylic acids is 1. The average molecular weight is 283 g/mol. The van der Waals surface area contributed by atoms with E-state index in [0.29, 0.717) is 0 Å². The van der Waals surface area contributed by atoms with Gasteiger partial charge in [-0.15, -0.1) is 0 Å². The lowest BCUT2D eigenvalue weighted by molar-refractivity contribution is -0.139. The molecule has 0 bridgehead atoms. The van der Waals surface area contributed by atoms with E-state index in [-0.39, 0.29) is 18.5 Å². The molecule has 0 radical (unpaired) electrons. The maximum Gasteiger partial charge on any atom is 0.318 e. The van der Waals surface area contributed by atoms with Crippen molar-refractivity contribution in [1.29, 1.82) is 0 Å². The SMILES string of the molecule is CN(C)CC1CCCN1C(=O)NC1(CC(=O)O)CCC1. The molecule has 114 valence electrons. The lowest BCUT2D eigenvalue weighted by Crippen LogP contribution is -2.59. The molecule has 6 heteroatoms. The molecule has 1 heterocycles. The van der Waals surface area contributed by atoms with Crippen molar-refractivity contribution in [2.45, 2.75) is 50.1 Å². The van der Waals surface area contributed by atoms with E-state index in [9.17, 15) is 9.59 Å². The molecule has 20 heavy (non-hydrogen) atoms. The summed E-state index contributed by atoms with van der Waals surface area (Å²) in [4.78, 5) is 27.3. The standard InChI is InChI=1S/C14H25N3O3/c1-16(2)10-11-5-3-8-17(11)13(20)15-14(6-4-7-14)9-12(18)19/h11H,3-10H2,1-2H3,(H,15,20)(H,18,19). The Morgan fingerprint density at radius 1 is 1.35 bits per heavy atom. The van der Waals surface area contributed by atoms with Gasteiger partial charge in [-0.25, -0.2) is 4.79 Å². The zero-order valence-electron chi connectivity index (χ0n) is 12.4. The number of rotatable bonds is 5. The van der Waals surface area contributed by atoms with E-state index in [4.69, 9.17) is 5.11 Å². The van der Waals surface area contributed by atoms with Gasteiger partial charge in [-0.3, -0.25) is 4.79 Å². The van der Waals surface area contributed by atoms with E-state index in [0.717, 1.165) is 45.2 Å². The Bertz CT molecular complexity index is 380. The Labute approximate surface area is 120 Å². The van der Waals surface area contributed by atoms with Crippen LogP contribution in [0.25, 0.3) is 0 Å². The zero-order chi connectivity index (χ0) is 14.8. The van der Waals surface area contributed by atoms with Crippen LogP contribution in [0.4, 0.5) is 4.79 Å². The van der Waals surface area contributed by atoms with E-state index in [1.807, 2.05) is 19.0 Å². The molecule has 1 unspecified atom stereocenters. The molecule has 0 aromatic carbocycles. The van der Waals surface area contributed by atoms with Crippen LogP contribution in [0.15, 0.2) is 0 Å². The van der Waals surface area contributed by atoms with Gasteiger partial charge in [0.1, 0.15) is 0 Å². The number of carboxylic acids is 1. The first-order valence-corrected chi connectivity index (χ1v) is 7.37. The van der Waals surface area contributed by atoms with Gasteiger partial charge < -0.3 is 20.2 Å². The van der Waals surface area contributed by atoms with Crippen molar-refractivity contribution < 1.29 is 14.7 Å². The summed E-state index contributed by atoms with van der Waals surface area (Å²) in [5, 5.41) is 12.0. The topological polar surface area (TPSA) is 72.9 Å². The van der Waals surface area contributed by atoms with Crippen molar-refractivity contribution >= 4 is 12.0 Å². The molecule has 1 saturated carbocycles. The molecule has 2 N–H and O–H groups in total. The molecule has 1 atom stereocenters. The van der Waals surface area contributed by atoms with Gasteiger partial charge in [0.15, 0.2) is 0 Å². The van der Waals surface area contributed by atoms with Gasteiger partial charge in [0.05, 0.1) is 12.0 Å². The summed E-state index contributed by atoms with van der Waals surface area (Å²) in [5.74, 6) is -0.837. The number of carboxylic acid groups (broad SMARTS) is 1. The lowest BCUT2D eigenvalue weighted by Gasteiger charge is -2.43. The summed E-state index contributed by atoms with van der Waals surface area (Å²) >= 11 is 0. The second-order valence-electron chi connectivity index (χ2n) is 6.39. The van der Waals surface area contributed by atoms with Crippen molar-refractivity contribution in [2.24, 2.45) is 0 Å². The first-order chi connectivity index (χ1) is 9.42. The van der Waals surface area contributed by atoms with E-state index in [1.165, 1.54) is 0 Å². The number of likely N-dealkylation sites (N-methyl/N-ethyl adjacent to an activating group) is 1. The van der Waals surface area contributed by atoms with E-state index < -0.39 is 11.5 Å². The maximum atomic E-state index is 12.4. The van der Waals surface area contributed by atoms with Gasteiger partial charge in [-0.1, -0.05) is 0 Å². The highest BCUT2D eigenvalue weighted by molar-refractivity contribution is 5.77. The Kier molecular flexibility index (Phi) is 4.52. The molecule has 2 amide bonds. The van der Waals surface area contributed by atoms with Gasteiger partial charge in [-0.05, 0) is 46.2 Å². The van der Waals surface area contributed by atoms with Crippen LogP contribution in [-0.2, 0) is 4.79 Å². The fourth-order valence-corrected chi connectivity index (χ4v) is 3.25. The van der Waals surface area contributed by atoms with Crippen molar-refractivity contribution in [1.82, 2.24) is 15.1 Å². The fraction of sp³-hybridized carbons (Fsp3) is 0.857. The largest absolute Gasteiger partial charge is 0.481 e. The van der Waals surface area contributed by atoms with Crippen LogP contribution in [0.5, 0.6) is 0 Å². The van der Waals surface area contributed by atoms with Crippen LogP contribution < -0.4 is 5.32 Å². The monoisotopic (exact) mass is 283 g/mol. The summed E-state index contributed by atoms with van der Waals surface area (Å²) in [6.45, 7) is 1.63. The molecule has 1 saturated heterocycles. The Balaban J connectivity index is 1.94. The molecule has 2 aliphatic rings. The molecule has 6 nitrogen and oxygen atoms in total.